The van der Waals surface area contributed by atoms with Crippen molar-refractivity contribution in [1.82, 2.24) is 9.80 Å². The van der Waals surface area contributed by atoms with Crippen LogP contribution >= 0.6 is 15.9 Å². The van der Waals surface area contributed by atoms with Crippen molar-refractivity contribution in [2.24, 2.45) is 5.92 Å². The number of likely N-dealkylation sites (tertiary alicyclic amines) is 1. The van der Waals surface area contributed by atoms with Crippen LogP contribution in [-0.2, 0) is 14.3 Å². The number of carbonyl (C=O) groups is 3. The lowest BCUT2D eigenvalue weighted by atomic mass is 9.85. The highest BCUT2D eigenvalue weighted by atomic mass is 79.9. The van der Waals surface area contributed by atoms with Gasteiger partial charge in [0.15, 0.2) is 0 Å². The van der Waals surface area contributed by atoms with Crippen LogP contribution in [0, 0.1) is 5.92 Å². The van der Waals surface area contributed by atoms with Crippen molar-refractivity contribution in [2.75, 3.05) is 50.2 Å². The van der Waals surface area contributed by atoms with E-state index in [2.05, 4.69) is 20.8 Å². The van der Waals surface area contributed by atoms with E-state index >= 15 is 0 Å². The number of hydrogen-bond donors (Lipinski definition) is 0. The normalized spacial score (nSPS) is 18.1. The second-order valence-electron chi connectivity index (χ2n) is 8.35. The number of hydrogen-bond acceptors (Lipinski definition) is 6. The number of piperidine rings is 1. The van der Waals surface area contributed by atoms with E-state index in [1.165, 1.54) is 7.11 Å². The highest BCUT2D eigenvalue weighted by Crippen LogP contribution is 2.39. The second-order valence-corrected chi connectivity index (χ2v) is 9.15. The lowest BCUT2D eigenvalue weighted by Crippen LogP contribution is -2.57. The van der Waals surface area contributed by atoms with E-state index in [1.54, 1.807) is 17.0 Å². The highest BCUT2D eigenvalue weighted by Gasteiger charge is 2.54. The molecule has 2 heterocycles. The summed E-state index contributed by atoms with van der Waals surface area (Å²) in [4.78, 5) is 43.2. The van der Waals surface area contributed by atoms with Crippen LogP contribution < -0.4 is 4.90 Å². The third-order valence-electron chi connectivity index (χ3n) is 5.86. The SMILES string of the molecule is COC(=O)c1ccc(N2CN(CCBr)C(=O)C23CCN(C(=O)OCC(C)C)CC3)cc1. The number of methoxy groups -OCH3 is 1. The average molecular weight is 496 g/mol. The molecule has 2 aliphatic heterocycles. The molecule has 31 heavy (non-hydrogen) atoms. The Bertz CT molecular complexity index is 806. The van der Waals surface area contributed by atoms with Gasteiger partial charge in [0.25, 0.3) is 0 Å². The molecule has 2 amide bonds. The first-order valence-electron chi connectivity index (χ1n) is 10.6. The molecule has 0 saturated carbocycles. The van der Waals surface area contributed by atoms with Crippen molar-refractivity contribution in [1.29, 1.82) is 0 Å². The molecular weight excluding hydrogens is 466 g/mol. The Labute approximate surface area is 191 Å². The molecule has 0 radical (unpaired) electrons. The third-order valence-corrected chi connectivity index (χ3v) is 6.21. The monoisotopic (exact) mass is 495 g/mol. The predicted molar refractivity (Wildman–Crippen MR) is 120 cm³/mol. The average Bonchev–Trinajstić information content (AvgIpc) is 3.04. The highest BCUT2D eigenvalue weighted by molar-refractivity contribution is 9.09. The molecule has 0 unspecified atom stereocenters. The van der Waals surface area contributed by atoms with Gasteiger partial charge in [-0.2, -0.15) is 0 Å². The van der Waals surface area contributed by atoms with Gasteiger partial charge in [-0.25, -0.2) is 9.59 Å². The first-order chi connectivity index (χ1) is 14.8. The Balaban J connectivity index is 1.80. The molecule has 0 N–H and O–H groups in total. The van der Waals surface area contributed by atoms with E-state index in [9.17, 15) is 14.4 Å². The molecule has 2 saturated heterocycles. The van der Waals surface area contributed by atoms with Gasteiger partial charge in [0.1, 0.15) is 5.54 Å². The molecule has 0 aromatic heterocycles. The Morgan fingerprint density at radius 2 is 1.81 bits per heavy atom. The maximum absolute atomic E-state index is 13.4. The Hall–Kier alpha value is -2.29. The Kier molecular flexibility index (Phi) is 7.46. The predicted octanol–water partition coefficient (Wildman–Crippen LogP) is 3.10. The van der Waals surface area contributed by atoms with Gasteiger partial charge in [-0.3, -0.25) is 4.79 Å². The summed E-state index contributed by atoms with van der Waals surface area (Å²) in [6.07, 6.45) is 0.737. The summed E-state index contributed by atoms with van der Waals surface area (Å²) in [5.41, 5.74) is 0.629. The van der Waals surface area contributed by atoms with Crippen molar-refractivity contribution in [2.45, 2.75) is 32.2 Å². The first kappa shape index (κ1) is 23.4. The van der Waals surface area contributed by atoms with Crippen LogP contribution in [0.3, 0.4) is 0 Å². The molecular formula is C22H30BrN3O5. The summed E-state index contributed by atoms with van der Waals surface area (Å²) < 4.78 is 10.1. The van der Waals surface area contributed by atoms with Crippen molar-refractivity contribution >= 4 is 39.6 Å². The number of halogens is 1. The first-order valence-corrected chi connectivity index (χ1v) is 11.7. The number of ether oxygens (including phenoxy) is 2. The fourth-order valence-electron chi connectivity index (χ4n) is 4.15. The third kappa shape index (κ3) is 4.81. The van der Waals surface area contributed by atoms with Crippen LogP contribution in [0.4, 0.5) is 10.5 Å². The zero-order chi connectivity index (χ0) is 22.6. The molecule has 2 aliphatic rings. The summed E-state index contributed by atoms with van der Waals surface area (Å²) in [5.74, 6) is -0.0372. The fourth-order valence-corrected chi connectivity index (χ4v) is 4.58. The van der Waals surface area contributed by atoms with E-state index in [0.29, 0.717) is 56.6 Å². The number of nitrogens with zero attached hydrogens (tertiary/aromatic N) is 3. The largest absolute Gasteiger partial charge is 0.465 e. The quantitative estimate of drug-likeness (QED) is 0.445. The van der Waals surface area contributed by atoms with Gasteiger partial charge in [0, 0.05) is 30.7 Å². The topological polar surface area (TPSA) is 79.4 Å². The van der Waals surface area contributed by atoms with E-state index in [0.717, 1.165) is 5.69 Å². The smallest absolute Gasteiger partial charge is 0.409 e. The molecule has 8 nitrogen and oxygen atoms in total. The lowest BCUT2D eigenvalue weighted by Gasteiger charge is -2.43. The van der Waals surface area contributed by atoms with Crippen molar-refractivity contribution in [3.63, 3.8) is 0 Å². The number of amides is 2. The summed E-state index contributed by atoms with van der Waals surface area (Å²) >= 11 is 3.43. The number of rotatable bonds is 6. The maximum atomic E-state index is 13.4. The van der Waals surface area contributed by atoms with E-state index < -0.39 is 11.5 Å². The van der Waals surface area contributed by atoms with Crippen LogP contribution in [-0.4, -0.2) is 78.7 Å². The zero-order valence-electron chi connectivity index (χ0n) is 18.3. The van der Waals surface area contributed by atoms with Gasteiger partial charge in [-0.1, -0.05) is 29.8 Å². The summed E-state index contributed by atoms with van der Waals surface area (Å²) in [7, 11) is 1.35. The number of esters is 1. The summed E-state index contributed by atoms with van der Waals surface area (Å²) in [6.45, 7) is 6.38. The molecule has 0 bridgehead atoms. The molecule has 170 valence electrons. The molecule has 0 atom stereocenters. The maximum Gasteiger partial charge on any atom is 0.409 e. The second kappa shape index (κ2) is 9.89. The van der Waals surface area contributed by atoms with Crippen LogP contribution in [0.5, 0.6) is 0 Å². The molecule has 1 aromatic rings. The van der Waals surface area contributed by atoms with E-state index in [1.807, 2.05) is 30.9 Å². The molecule has 1 spiro atoms. The minimum atomic E-state index is -0.705. The van der Waals surface area contributed by atoms with Gasteiger partial charge >= 0.3 is 12.1 Å². The van der Waals surface area contributed by atoms with Gasteiger partial charge in [0.05, 0.1) is 25.9 Å². The van der Waals surface area contributed by atoms with E-state index in [-0.39, 0.29) is 17.9 Å². The number of anilines is 1. The molecule has 3 rings (SSSR count). The van der Waals surface area contributed by atoms with Gasteiger partial charge < -0.3 is 24.2 Å². The standard InChI is InChI=1S/C22H30BrN3O5/c1-16(2)14-31-21(29)24-11-8-22(9-12-24)20(28)25(13-10-23)15-26(22)18-6-4-17(5-7-18)19(27)30-3/h4-7,16H,8-15H2,1-3H3. The fraction of sp³-hybridized carbons (Fsp3) is 0.591. The molecule has 0 aliphatic carbocycles. The number of benzene rings is 1. The minimum Gasteiger partial charge on any atom is -0.465 e. The van der Waals surface area contributed by atoms with Crippen molar-refractivity contribution < 1.29 is 23.9 Å². The van der Waals surface area contributed by atoms with E-state index in [4.69, 9.17) is 9.47 Å². The minimum absolute atomic E-state index is 0.0826. The zero-order valence-corrected chi connectivity index (χ0v) is 19.9. The van der Waals surface area contributed by atoms with Crippen LogP contribution in [0.2, 0.25) is 0 Å². The number of carbonyl (C=O) groups excluding carboxylic acids is 3. The van der Waals surface area contributed by atoms with Gasteiger partial charge in [-0.05, 0) is 43.0 Å². The lowest BCUT2D eigenvalue weighted by molar-refractivity contribution is -0.133. The van der Waals surface area contributed by atoms with Crippen LogP contribution in [0.1, 0.15) is 37.0 Å². The summed E-state index contributed by atoms with van der Waals surface area (Å²) in [5, 5.41) is 0.692. The number of alkyl halides is 1. The Morgan fingerprint density at radius 3 is 2.35 bits per heavy atom. The van der Waals surface area contributed by atoms with Crippen LogP contribution in [0.15, 0.2) is 24.3 Å². The Morgan fingerprint density at radius 1 is 1.16 bits per heavy atom. The molecule has 9 heteroatoms. The van der Waals surface area contributed by atoms with Gasteiger partial charge in [-0.15, -0.1) is 0 Å². The molecule has 1 aromatic carbocycles. The summed E-state index contributed by atoms with van der Waals surface area (Å²) in [6, 6.07) is 7.13. The van der Waals surface area contributed by atoms with Crippen molar-refractivity contribution in [3.8, 4) is 0 Å². The van der Waals surface area contributed by atoms with Gasteiger partial charge in [0.2, 0.25) is 5.91 Å². The van der Waals surface area contributed by atoms with Crippen molar-refractivity contribution in [3.05, 3.63) is 29.8 Å². The van der Waals surface area contributed by atoms with Crippen LogP contribution in [0.25, 0.3) is 0 Å². The molecule has 2 fully saturated rings.